The average molecular weight is 295 g/mol. The number of nitrogens with zero attached hydrogens (tertiary/aromatic N) is 2. The summed E-state index contributed by atoms with van der Waals surface area (Å²) in [7, 11) is 0. The summed E-state index contributed by atoms with van der Waals surface area (Å²) < 4.78 is 1.75. The molecule has 0 spiro atoms. The van der Waals surface area contributed by atoms with Crippen LogP contribution >= 0.6 is 0 Å². The lowest BCUT2D eigenvalue weighted by molar-refractivity contribution is 0.0999. The first kappa shape index (κ1) is 14.3. The molecule has 0 unspecified atom stereocenters. The fourth-order valence-corrected chi connectivity index (χ4v) is 2.62. The summed E-state index contributed by atoms with van der Waals surface area (Å²) in [6.45, 7) is 1.99. The highest BCUT2D eigenvalue weighted by molar-refractivity contribution is 5.96. The number of aryl methyl sites for hydroxylation is 1. The van der Waals surface area contributed by atoms with Crippen molar-refractivity contribution in [1.29, 1.82) is 0 Å². The van der Waals surface area contributed by atoms with Crippen molar-refractivity contribution in [1.82, 2.24) is 9.61 Å². The molecule has 0 bridgehead atoms. The van der Waals surface area contributed by atoms with Crippen LogP contribution in [0.25, 0.3) is 16.6 Å². The van der Waals surface area contributed by atoms with Crippen LogP contribution in [0, 0.1) is 6.92 Å². The smallest absolute Gasteiger partial charge is 0.250 e. The van der Waals surface area contributed by atoms with E-state index in [0.717, 1.165) is 27.8 Å². The Labute approximate surface area is 128 Å². The van der Waals surface area contributed by atoms with Crippen LogP contribution in [0.15, 0.2) is 42.7 Å². The van der Waals surface area contributed by atoms with E-state index in [2.05, 4.69) is 11.2 Å². The molecule has 5 nitrogen and oxygen atoms in total. The quantitative estimate of drug-likeness (QED) is 0.772. The van der Waals surface area contributed by atoms with Crippen molar-refractivity contribution >= 4 is 11.4 Å². The number of nitrogens with two attached hydrogens (primary N) is 1. The van der Waals surface area contributed by atoms with Gasteiger partial charge >= 0.3 is 0 Å². The molecule has 22 heavy (non-hydrogen) atoms. The molecular formula is C17H17N3O2. The van der Waals surface area contributed by atoms with E-state index in [1.165, 1.54) is 6.20 Å². The molecule has 0 fully saturated rings. The second kappa shape index (κ2) is 5.61. The molecule has 3 N–H and O–H groups in total. The summed E-state index contributed by atoms with van der Waals surface area (Å²) >= 11 is 0. The zero-order valence-corrected chi connectivity index (χ0v) is 12.3. The first-order valence-electron chi connectivity index (χ1n) is 7.08. The van der Waals surface area contributed by atoms with Gasteiger partial charge in [0.05, 0.1) is 17.3 Å². The van der Waals surface area contributed by atoms with Gasteiger partial charge in [-0.3, -0.25) is 4.79 Å². The molecule has 0 aliphatic carbocycles. The standard InChI is InChI=1S/C17H17N3O2/c1-11-15(17(18)22)9-19-20-10-14(8-16(11)20)13-4-2-3-12(7-13)5-6-21/h2-4,7-10,21H,5-6H2,1H3,(H2,18,22). The van der Waals surface area contributed by atoms with Crippen molar-refractivity contribution in [3.63, 3.8) is 0 Å². The monoisotopic (exact) mass is 295 g/mol. The number of fused-ring (bicyclic) bond motifs is 1. The Morgan fingerprint density at radius 3 is 2.86 bits per heavy atom. The summed E-state index contributed by atoms with van der Waals surface area (Å²) in [6.07, 6.45) is 4.05. The molecule has 3 rings (SSSR count). The summed E-state index contributed by atoms with van der Waals surface area (Å²) in [5.74, 6) is -0.472. The van der Waals surface area contributed by atoms with E-state index in [4.69, 9.17) is 10.8 Å². The van der Waals surface area contributed by atoms with Crippen LogP contribution in [0.5, 0.6) is 0 Å². The van der Waals surface area contributed by atoms with Crippen LogP contribution in [0.3, 0.4) is 0 Å². The minimum atomic E-state index is -0.472. The number of aromatic nitrogens is 2. The van der Waals surface area contributed by atoms with Gasteiger partial charge in [0.15, 0.2) is 0 Å². The first-order valence-corrected chi connectivity index (χ1v) is 7.08. The van der Waals surface area contributed by atoms with E-state index in [0.29, 0.717) is 12.0 Å². The van der Waals surface area contributed by atoms with Crippen molar-refractivity contribution in [2.24, 2.45) is 5.73 Å². The highest BCUT2D eigenvalue weighted by Gasteiger charge is 2.12. The van der Waals surface area contributed by atoms with Crippen LogP contribution in [0.1, 0.15) is 21.5 Å². The van der Waals surface area contributed by atoms with Crippen LogP contribution < -0.4 is 5.73 Å². The maximum Gasteiger partial charge on any atom is 0.250 e. The SMILES string of the molecule is Cc1c(C(N)=O)cnn2cc(-c3cccc(CCO)c3)cc12. The van der Waals surface area contributed by atoms with Crippen LogP contribution in [0.2, 0.25) is 0 Å². The lowest BCUT2D eigenvalue weighted by atomic mass is 10.0. The van der Waals surface area contributed by atoms with Gasteiger partial charge in [-0.2, -0.15) is 5.10 Å². The largest absolute Gasteiger partial charge is 0.396 e. The molecular weight excluding hydrogens is 278 g/mol. The van der Waals surface area contributed by atoms with Crippen LogP contribution in [-0.2, 0) is 6.42 Å². The number of aliphatic hydroxyl groups excluding tert-OH is 1. The first-order chi connectivity index (χ1) is 10.6. The number of primary amides is 1. The fourth-order valence-electron chi connectivity index (χ4n) is 2.62. The molecule has 0 aliphatic heterocycles. The van der Waals surface area contributed by atoms with E-state index >= 15 is 0 Å². The average Bonchev–Trinajstić information content (AvgIpc) is 2.93. The summed E-state index contributed by atoms with van der Waals surface area (Å²) in [6, 6.07) is 10.0. The Balaban J connectivity index is 2.11. The third kappa shape index (κ3) is 2.46. The number of carbonyl (C=O) groups is 1. The normalized spacial score (nSPS) is 11.0. The molecule has 0 aliphatic rings. The second-order valence-corrected chi connectivity index (χ2v) is 5.28. The Hall–Kier alpha value is -2.66. The van der Waals surface area contributed by atoms with Gasteiger partial charge in [-0.1, -0.05) is 24.3 Å². The van der Waals surface area contributed by atoms with Crippen molar-refractivity contribution < 1.29 is 9.90 Å². The van der Waals surface area contributed by atoms with Gasteiger partial charge < -0.3 is 10.8 Å². The van der Waals surface area contributed by atoms with Gasteiger partial charge in [-0.05, 0) is 36.1 Å². The van der Waals surface area contributed by atoms with Crippen molar-refractivity contribution in [2.75, 3.05) is 6.61 Å². The number of carbonyl (C=O) groups excluding carboxylic acids is 1. The molecule has 0 radical (unpaired) electrons. The van der Waals surface area contributed by atoms with Gasteiger partial charge in [0.1, 0.15) is 0 Å². The van der Waals surface area contributed by atoms with E-state index in [1.54, 1.807) is 4.52 Å². The van der Waals surface area contributed by atoms with Crippen molar-refractivity contribution in [2.45, 2.75) is 13.3 Å². The van der Waals surface area contributed by atoms with Gasteiger partial charge in [-0.25, -0.2) is 4.52 Å². The predicted octanol–water partition coefficient (Wildman–Crippen LogP) is 1.94. The molecule has 1 amide bonds. The number of rotatable bonds is 4. The summed E-state index contributed by atoms with van der Waals surface area (Å²) in [5, 5.41) is 13.3. The Morgan fingerprint density at radius 2 is 2.14 bits per heavy atom. The molecule has 0 saturated heterocycles. The van der Waals surface area contributed by atoms with Crippen LogP contribution in [0.4, 0.5) is 0 Å². The Kier molecular flexibility index (Phi) is 3.65. The van der Waals surface area contributed by atoms with Crippen molar-refractivity contribution in [3.05, 3.63) is 59.4 Å². The molecule has 2 aromatic heterocycles. The topological polar surface area (TPSA) is 80.6 Å². The third-order valence-corrected chi connectivity index (χ3v) is 3.83. The molecule has 112 valence electrons. The van der Waals surface area contributed by atoms with Gasteiger partial charge in [-0.15, -0.1) is 0 Å². The van der Waals surface area contributed by atoms with E-state index in [9.17, 15) is 4.79 Å². The minimum Gasteiger partial charge on any atom is -0.396 e. The zero-order valence-electron chi connectivity index (χ0n) is 12.3. The Morgan fingerprint density at radius 1 is 1.32 bits per heavy atom. The maximum absolute atomic E-state index is 11.4. The molecule has 0 saturated carbocycles. The minimum absolute atomic E-state index is 0.129. The lowest BCUT2D eigenvalue weighted by Gasteiger charge is -2.02. The molecule has 1 aromatic carbocycles. The molecule has 3 aromatic rings. The number of aliphatic hydroxyl groups is 1. The van der Waals surface area contributed by atoms with E-state index in [1.807, 2.05) is 37.4 Å². The Bertz CT molecular complexity index is 852. The third-order valence-electron chi connectivity index (χ3n) is 3.83. The number of amides is 1. The van der Waals surface area contributed by atoms with E-state index < -0.39 is 5.91 Å². The lowest BCUT2D eigenvalue weighted by Crippen LogP contribution is -2.14. The highest BCUT2D eigenvalue weighted by atomic mass is 16.2. The van der Waals surface area contributed by atoms with Gasteiger partial charge in [0.25, 0.3) is 5.91 Å². The zero-order chi connectivity index (χ0) is 15.7. The van der Waals surface area contributed by atoms with Gasteiger partial charge in [0.2, 0.25) is 0 Å². The van der Waals surface area contributed by atoms with Crippen molar-refractivity contribution in [3.8, 4) is 11.1 Å². The number of benzene rings is 1. The molecule has 5 heteroatoms. The summed E-state index contributed by atoms with van der Waals surface area (Å²) in [4.78, 5) is 11.4. The maximum atomic E-state index is 11.4. The highest BCUT2D eigenvalue weighted by Crippen LogP contribution is 2.25. The van der Waals surface area contributed by atoms with E-state index in [-0.39, 0.29) is 6.61 Å². The summed E-state index contributed by atoms with van der Waals surface area (Å²) in [5.41, 5.74) is 10.6. The van der Waals surface area contributed by atoms with Crippen LogP contribution in [-0.4, -0.2) is 27.2 Å². The molecule has 0 atom stereocenters. The fraction of sp³-hybridized carbons (Fsp3) is 0.176. The van der Waals surface area contributed by atoms with Gasteiger partial charge in [0, 0.05) is 18.4 Å². The number of hydrogen-bond acceptors (Lipinski definition) is 3. The molecule has 2 heterocycles. The number of hydrogen-bond donors (Lipinski definition) is 2. The second-order valence-electron chi connectivity index (χ2n) is 5.28. The predicted molar refractivity (Wildman–Crippen MR) is 84.7 cm³/mol.